The number of halogens is 2. The minimum atomic E-state index is -0.596. The maximum atomic E-state index is 13.5. The second kappa shape index (κ2) is 12.3. The average molecular weight is 641 g/mol. The molecule has 1 atom stereocenters. The summed E-state index contributed by atoms with van der Waals surface area (Å²) in [5, 5.41) is 20.3. The number of anilines is 2. The number of carbonyl (C=O) groups is 2. The van der Waals surface area contributed by atoms with Crippen molar-refractivity contribution >= 4 is 69.1 Å². The molecule has 186 valence electrons. The van der Waals surface area contributed by atoms with E-state index in [4.69, 9.17) is 11.6 Å². The molecule has 0 aromatic heterocycles. The lowest BCUT2D eigenvalue weighted by Gasteiger charge is -2.30. The summed E-state index contributed by atoms with van der Waals surface area (Å²) in [6.07, 6.45) is 0. The third-order valence-corrected chi connectivity index (χ3v) is 7.59. The van der Waals surface area contributed by atoms with Crippen LogP contribution in [0, 0.1) is 14.9 Å². The number of thioether (sulfide) groups is 1. The summed E-state index contributed by atoms with van der Waals surface area (Å²) in [6.45, 7) is 1.80. The van der Waals surface area contributed by atoms with E-state index >= 15 is 0 Å². The van der Waals surface area contributed by atoms with Crippen LogP contribution in [0.25, 0.3) is 0 Å². The highest BCUT2D eigenvalue weighted by Gasteiger charge is 2.34. The molecule has 2 amide bonds. The van der Waals surface area contributed by atoms with Crippen LogP contribution >= 0.6 is 46.0 Å². The van der Waals surface area contributed by atoms with Crippen LogP contribution in [0.5, 0.6) is 0 Å². The van der Waals surface area contributed by atoms with Gasteiger partial charge in [0.1, 0.15) is 0 Å². The zero-order valence-electron chi connectivity index (χ0n) is 19.7. The molecule has 9 heteroatoms. The highest BCUT2D eigenvalue weighted by Crippen LogP contribution is 2.41. The van der Waals surface area contributed by atoms with Crippen LogP contribution in [0.3, 0.4) is 0 Å². The first kappa shape index (κ1) is 26.8. The fourth-order valence-electron chi connectivity index (χ4n) is 3.91. The average Bonchev–Trinajstić information content (AvgIpc) is 2.90. The van der Waals surface area contributed by atoms with Gasteiger partial charge in [0.25, 0.3) is 5.91 Å². The highest BCUT2D eigenvalue weighted by atomic mass is 127. The lowest BCUT2D eigenvalue weighted by molar-refractivity contribution is -0.114. The van der Waals surface area contributed by atoms with Crippen molar-refractivity contribution < 1.29 is 9.59 Å². The first-order chi connectivity index (χ1) is 17.9. The summed E-state index contributed by atoms with van der Waals surface area (Å²) >= 11 is 9.41. The number of nitriles is 1. The number of amides is 2. The Morgan fingerprint density at radius 2 is 1.62 bits per heavy atom. The molecule has 1 aliphatic rings. The number of rotatable bonds is 7. The molecule has 0 saturated carbocycles. The van der Waals surface area contributed by atoms with Gasteiger partial charge in [-0.15, -0.1) is 0 Å². The van der Waals surface area contributed by atoms with Gasteiger partial charge in [-0.1, -0.05) is 53.7 Å². The lowest BCUT2D eigenvalue weighted by Crippen LogP contribution is -2.31. The highest BCUT2D eigenvalue weighted by molar-refractivity contribution is 14.1. The van der Waals surface area contributed by atoms with Gasteiger partial charge in [-0.2, -0.15) is 5.26 Å². The fourth-order valence-corrected chi connectivity index (χ4v) is 5.28. The molecule has 3 aromatic carbocycles. The molecule has 0 aliphatic carbocycles. The van der Waals surface area contributed by atoms with E-state index in [0.29, 0.717) is 38.3 Å². The van der Waals surface area contributed by atoms with Crippen LogP contribution in [-0.2, 0) is 9.59 Å². The Hall–Kier alpha value is -3.26. The fraction of sp³-hybridized carbons (Fsp3) is 0.107. The first-order valence-electron chi connectivity index (χ1n) is 11.3. The Bertz CT molecular complexity index is 1420. The van der Waals surface area contributed by atoms with Crippen molar-refractivity contribution in [1.82, 2.24) is 5.32 Å². The molecule has 0 unspecified atom stereocenters. The first-order valence-corrected chi connectivity index (χ1v) is 13.7. The van der Waals surface area contributed by atoms with E-state index in [1.54, 1.807) is 31.2 Å². The smallest absolute Gasteiger partial charge is 0.254 e. The molecule has 0 bridgehead atoms. The molecule has 1 aliphatic heterocycles. The summed E-state index contributed by atoms with van der Waals surface area (Å²) in [7, 11) is 0. The number of carbonyl (C=O) groups excluding carboxylic acids is 2. The van der Waals surface area contributed by atoms with E-state index < -0.39 is 5.92 Å². The summed E-state index contributed by atoms with van der Waals surface area (Å²) in [5.41, 5.74) is 3.53. The van der Waals surface area contributed by atoms with Gasteiger partial charge in [0.15, 0.2) is 0 Å². The number of dihydropyridines is 1. The van der Waals surface area contributed by atoms with Crippen LogP contribution in [0.15, 0.2) is 101 Å². The molecule has 0 saturated heterocycles. The molecular formula is C28H22ClIN4O2S. The summed E-state index contributed by atoms with van der Waals surface area (Å²) in [6, 6.07) is 26.0. The van der Waals surface area contributed by atoms with E-state index in [2.05, 4.69) is 44.6 Å². The molecule has 3 aromatic rings. The minimum absolute atomic E-state index is 0.0978. The molecule has 37 heavy (non-hydrogen) atoms. The topological polar surface area (TPSA) is 94.0 Å². The maximum absolute atomic E-state index is 13.5. The normalized spacial score (nSPS) is 15.0. The Morgan fingerprint density at radius 1 is 1.00 bits per heavy atom. The summed E-state index contributed by atoms with van der Waals surface area (Å²) in [5.74, 6) is -1.02. The zero-order chi connectivity index (χ0) is 26.4. The van der Waals surface area contributed by atoms with Crippen molar-refractivity contribution in [1.29, 1.82) is 5.26 Å². The number of benzene rings is 3. The van der Waals surface area contributed by atoms with Crippen LogP contribution in [0.2, 0.25) is 5.02 Å². The lowest BCUT2D eigenvalue weighted by atomic mass is 9.82. The molecule has 4 rings (SSSR count). The van der Waals surface area contributed by atoms with Gasteiger partial charge >= 0.3 is 0 Å². The second-order valence-electron chi connectivity index (χ2n) is 8.17. The third-order valence-electron chi connectivity index (χ3n) is 5.60. The Kier molecular flexibility index (Phi) is 8.92. The Morgan fingerprint density at radius 3 is 2.27 bits per heavy atom. The summed E-state index contributed by atoms with van der Waals surface area (Å²) in [4.78, 5) is 26.1. The predicted molar refractivity (Wildman–Crippen MR) is 158 cm³/mol. The van der Waals surface area contributed by atoms with E-state index in [1.807, 2.05) is 54.6 Å². The van der Waals surface area contributed by atoms with Gasteiger partial charge in [-0.3, -0.25) is 9.59 Å². The number of nitrogens with one attached hydrogen (secondary N) is 3. The van der Waals surface area contributed by atoms with E-state index in [-0.39, 0.29) is 17.6 Å². The molecule has 1 heterocycles. The number of allylic oxidation sites excluding steroid dienone is 2. The van der Waals surface area contributed by atoms with Crippen LogP contribution < -0.4 is 16.0 Å². The van der Waals surface area contributed by atoms with E-state index in [9.17, 15) is 14.9 Å². The van der Waals surface area contributed by atoms with Crippen LogP contribution in [0.4, 0.5) is 11.4 Å². The Labute approximate surface area is 238 Å². The predicted octanol–water partition coefficient (Wildman–Crippen LogP) is 6.65. The summed E-state index contributed by atoms with van der Waals surface area (Å²) < 4.78 is 1.07. The molecule has 6 nitrogen and oxygen atoms in total. The molecular weight excluding hydrogens is 619 g/mol. The number of nitrogens with zero attached hydrogens (tertiary/aromatic N) is 1. The third kappa shape index (κ3) is 6.74. The van der Waals surface area contributed by atoms with Gasteiger partial charge < -0.3 is 16.0 Å². The van der Waals surface area contributed by atoms with Crippen molar-refractivity contribution in [2.75, 3.05) is 16.4 Å². The molecule has 0 fully saturated rings. The zero-order valence-corrected chi connectivity index (χ0v) is 23.4. The molecule has 3 N–H and O–H groups in total. The van der Waals surface area contributed by atoms with Gasteiger partial charge in [0, 0.05) is 31.2 Å². The van der Waals surface area contributed by atoms with Crippen molar-refractivity contribution in [3.05, 3.63) is 115 Å². The number of hydrogen-bond acceptors (Lipinski definition) is 5. The van der Waals surface area contributed by atoms with Crippen molar-refractivity contribution in [3.8, 4) is 6.07 Å². The van der Waals surface area contributed by atoms with Gasteiger partial charge in [0.2, 0.25) is 5.91 Å². The van der Waals surface area contributed by atoms with Gasteiger partial charge in [-0.25, -0.2) is 0 Å². The largest absolute Gasteiger partial charge is 0.353 e. The Balaban J connectivity index is 1.60. The quantitative estimate of drug-likeness (QED) is 0.252. The van der Waals surface area contributed by atoms with E-state index in [1.165, 1.54) is 11.8 Å². The molecule has 0 spiro atoms. The van der Waals surface area contributed by atoms with Crippen LogP contribution in [-0.4, -0.2) is 17.6 Å². The standard InChI is InChI=1S/C28H22ClIN4O2S/c1-17-25(27(36)34-22-11-7-19(29)8-12-22)26(18-5-3-2-4-6-18)23(15-31)28(32-17)37-16-24(35)33-21-13-9-20(30)10-14-21/h2-14,26,32H,16H2,1H3,(H,33,35)(H,34,36)/t26-/m0/s1. The number of hydrogen-bond donors (Lipinski definition) is 3. The monoisotopic (exact) mass is 640 g/mol. The van der Waals surface area contributed by atoms with Crippen molar-refractivity contribution in [2.24, 2.45) is 0 Å². The van der Waals surface area contributed by atoms with Gasteiger partial charge in [0.05, 0.1) is 28.3 Å². The van der Waals surface area contributed by atoms with Gasteiger partial charge in [-0.05, 0) is 83.6 Å². The minimum Gasteiger partial charge on any atom is -0.353 e. The van der Waals surface area contributed by atoms with Crippen LogP contribution in [0.1, 0.15) is 18.4 Å². The SMILES string of the molecule is CC1=C(C(=O)Nc2ccc(Cl)cc2)[C@@H](c2ccccc2)C(C#N)=C(SCC(=O)Nc2ccc(I)cc2)N1. The second-order valence-corrected chi connectivity index (χ2v) is 10.8. The van der Waals surface area contributed by atoms with Crippen molar-refractivity contribution in [2.45, 2.75) is 12.8 Å². The van der Waals surface area contributed by atoms with E-state index in [0.717, 1.165) is 9.13 Å². The molecule has 0 radical (unpaired) electrons. The maximum Gasteiger partial charge on any atom is 0.254 e. The van der Waals surface area contributed by atoms with Crippen molar-refractivity contribution in [3.63, 3.8) is 0 Å².